The minimum Gasteiger partial charge on any atom is -0.497 e. The molecular weight excluding hydrogens is 452 g/mol. The van der Waals surface area contributed by atoms with E-state index in [1.54, 1.807) is 36.4 Å². The molecule has 2 N–H and O–H groups in total. The summed E-state index contributed by atoms with van der Waals surface area (Å²) < 4.78 is 16.0. The van der Waals surface area contributed by atoms with Gasteiger partial charge in [0.2, 0.25) is 0 Å². The molecule has 0 unspecified atom stereocenters. The van der Waals surface area contributed by atoms with E-state index in [4.69, 9.17) is 13.9 Å². The van der Waals surface area contributed by atoms with Crippen LogP contribution in [0.4, 0.5) is 16.7 Å². The molecule has 0 aliphatic heterocycles. The molecule has 0 fully saturated rings. The molecule has 2 aromatic heterocycles. The van der Waals surface area contributed by atoms with Gasteiger partial charge in [-0.2, -0.15) is 0 Å². The minimum absolute atomic E-state index is 0.187. The van der Waals surface area contributed by atoms with Gasteiger partial charge in [-0.15, -0.1) is 0 Å². The fraction of sp³-hybridized carbons (Fsp3) is 0.0952. The van der Waals surface area contributed by atoms with E-state index in [0.29, 0.717) is 38.1 Å². The first-order chi connectivity index (χ1) is 15.9. The van der Waals surface area contributed by atoms with Crippen LogP contribution in [0.1, 0.15) is 20.9 Å². The third-order valence-electron chi connectivity index (χ3n) is 4.48. The number of carbonyl (C=O) groups is 2. The van der Waals surface area contributed by atoms with E-state index in [1.165, 1.54) is 31.6 Å². The van der Waals surface area contributed by atoms with Gasteiger partial charge in [-0.1, -0.05) is 11.3 Å². The number of amides is 2. The first-order valence-electron chi connectivity index (χ1n) is 9.37. The van der Waals surface area contributed by atoms with E-state index in [2.05, 4.69) is 15.6 Å². The van der Waals surface area contributed by atoms with Gasteiger partial charge in [-0.25, -0.2) is 4.98 Å². The Morgan fingerprint density at radius 3 is 2.36 bits per heavy atom. The maximum absolute atomic E-state index is 12.7. The van der Waals surface area contributed by atoms with Crippen LogP contribution in [0, 0.1) is 10.1 Å². The summed E-state index contributed by atoms with van der Waals surface area (Å²) in [6.07, 6.45) is 0. The number of nitro groups is 1. The van der Waals surface area contributed by atoms with Crippen LogP contribution in [0.5, 0.6) is 11.5 Å². The molecule has 0 saturated carbocycles. The van der Waals surface area contributed by atoms with Gasteiger partial charge in [-0.3, -0.25) is 25.0 Å². The fourth-order valence-electron chi connectivity index (χ4n) is 2.90. The quantitative estimate of drug-likeness (QED) is 0.301. The number of fused-ring (bicyclic) bond motifs is 1. The lowest BCUT2D eigenvalue weighted by Gasteiger charge is -2.07. The molecule has 0 aliphatic rings. The zero-order chi connectivity index (χ0) is 23.5. The van der Waals surface area contributed by atoms with E-state index in [9.17, 15) is 19.7 Å². The van der Waals surface area contributed by atoms with Crippen molar-refractivity contribution >= 4 is 50.1 Å². The van der Waals surface area contributed by atoms with Gasteiger partial charge in [-0.05, 0) is 36.4 Å². The molecule has 0 bridgehead atoms. The largest absolute Gasteiger partial charge is 0.497 e. The number of carbonyl (C=O) groups excluding carboxylic acids is 2. The predicted octanol–water partition coefficient (Wildman–Crippen LogP) is 4.32. The van der Waals surface area contributed by atoms with Crippen molar-refractivity contribution in [2.75, 3.05) is 24.9 Å². The van der Waals surface area contributed by atoms with Crippen molar-refractivity contribution in [2.24, 2.45) is 0 Å². The number of thiazole rings is 1. The maximum atomic E-state index is 12.7. The predicted molar refractivity (Wildman–Crippen MR) is 120 cm³/mol. The summed E-state index contributed by atoms with van der Waals surface area (Å²) in [5.41, 5.74) is 1.39. The molecular formula is C21H16N4O7S. The Labute approximate surface area is 190 Å². The minimum atomic E-state index is -0.725. The van der Waals surface area contributed by atoms with Crippen molar-refractivity contribution in [2.45, 2.75) is 0 Å². The molecule has 2 aromatic carbocycles. The zero-order valence-corrected chi connectivity index (χ0v) is 18.1. The summed E-state index contributed by atoms with van der Waals surface area (Å²) >= 11 is 1.22. The van der Waals surface area contributed by atoms with Crippen LogP contribution in [-0.4, -0.2) is 35.9 Å². The summed E-state index contributed by atoms with van der Waals surface area (Å²) in [5.74, 6) is -0.774. The van der Waals surface area contributed by atoms with Crippen LogP contribution >= 0.6 is 11.3 Å². The number of aromatic nitrogens is 1. The highest BCUT2D eigenvalue weighted by molar-refractivity contribution is 7.22. The van der Waals surface area contributed by atoms with Crippen LogP contribution in [0.25, 0.3) is 10.2 Å². The normalized spacial score (nSPS) is 10.6. The summed E-state index contributed by atoms with van der Waals surface area (Å²) in [6.45, 7) is 0. The monoisotopic (exact) mass is 468 g/mol. The summed E-state index contributed by atoms with van der Waals surface area (Å²) in [7, 11) is 2.99. The second-order valence-corrected chi connectivity index (χ2v) is 7.64. The summed E-state index contributed by atoms with van der Waals surface area (Å²) in [4.78, 5) is 39.3. The average Bonchev–Trinajstić information content (AvgIpc) is 3.45. The topological polar surface area (TPSA) is 146 Å². The summed E-state index contributed by atoms with van der Waals surface area (Å²) in [5, 5.41) is 16.4. The summed E-state index contributed by atoms with van der Waals surface area (Å²) in [6, 6.07) is 12.1. The van der Waals surface area contributed by atoms with Gasteiger partial charge in [0.1, 0.15) is 16.4 Å². The Hall–Kier alpha value is -4.45. The van der Waals surface area contributed by atoms with E-state index in [-0.39, 0.29) is 11.7 Å². The number of benzene rings is 2. The van der Waals surface area contributed by atoms with Crippen molar-refractivity contribution in [1.29, 1.82) is 0 Å². The van der Waals surface area contributed by atoms with E-state index < -0.39 is 16.7 Å². The van der Waals surface area contributed by atoms with E-state index in [0.717, 1.165) is 6.07 Å². The molecule has 2 heterocycles. The molecule has 0 saturated heterocycles. The molecule has 33 heavy (non-hydrogen) atoms. The molecule has 4 rings (SSSR count). The Bertz CT molecular complexity index is 1360. The van der Waals surface area contributed by atoms with Crippen molar-refractivity contribution < 1.29 is 28.4 Å². The second kappa shape index (κ2) is 8.96. The van der Waals surface area contributed by atoms with Crippen LogP contribution in [0.2, 0.25) is 0 Å². The first kappa shape index (κ1) is 21.8. The van der Waals surface area contributed by atoms with Crippen molar-refractivity contribution in [3.63, 3.8) is 0 Å². The van der Waals surface area contributed by atoms with Gasteiger partial charge in [0.15, 0.2) is 10.9 Å². The highest BCUT2D eigenvalue weighted by Gasteiger charge is 2.18. The van der Waals surface area contributed by atoms with E-state index in [1.807, 2.05) is 0 Å². The van der Waals surface area contributed by atoms with Crippen LogP contribution in [-0.2, 0) is 0 Å². The van der Waals surface area contributed by atoms with Gasteiger partial charge in [0.05, 0.1) is 30.5 Å². The number of rotatable bonds is 7. The Balaban J connectivity index is 1.50. The Morgan fingerprint density at radius 1 is 1.00 bits per heavy atom. The zero-order valence-electron chi connectivity index (χ0n) is 17.3. The second-order valence-electron chi connectivity index (χ2n) is 6.61. The van der Waals surface area contributed by atoms with Crippen molar-refractivity contribution in [3.05, 3.63) is 70.0 Å². The number of furan rings is 1. The number of methoxy groups -OCH3 is 2. The van der Waals surface area contributed by atoms with Crippen LogP contribution in [0.15, 0.2) is 52.9 Å². The third-order valence-corrected chi connectivity index (χ3v) is 5.41. The molecule has 0 atom stereocenters. The van der Waals surface area contributed by atoms with Crippen molar-refractivity contribution in [1.82, 2.24) is 4.98 Å². The number of nitrogens with zero attached hydrogens (tertiary/aromatic N) is 2. The Morgan fingerprint density at radius 2 is 1.73 bits per heavy atom. The molecule has 0 radical (unpaired) electrons. The third kappa shape index (κ3) is 4.75. The molecule has 0 aliphatic carbocycles. The van der Waals surface area contributed by atoms with Gasteiger partial charge in [0, 0.05) is 17.3 Å². The van der Waals surface area contributed by atoms with Gasteiger partial charge >= 0.3 is 5.88 Å². The first-order valence-corrected chi connectivity index (χ1v) is 10.2. The number of hydrogen-bond donors (Lipinski definition) is 2. The lowest BCUT2D eigenvalue weighted by Crippen LogP contribution is -2.12. The number of nitrogens with one attached hydrogen (secondary N) is 2. The molecule has 2 amide bonds. The maximum Gasteiger partial charge on any atom is 0.433 e. The van der Waals surface area contributed by atoms with Crippen LogP contribution < -0.4 is 20.1 Å². The lowest BCUT2D eigenvalue weighted by molar-refractivity contribution is -0.402. The van der Waals surface area contributed by atoms with Crippen LogP contribution in [0.3, 0.4) is 0 Å². The molecule has 12 heteroatoms. The van der Waals surface area contributed by atoms with E-state index >= 15 is 0 Å². The fourth-order valence-corrected chi connectivity index (χ4v) is 3.80. The highest BCUT2D eigenvalue weighted by Crippen LogP contribution is 2.30. The number of hydrogen-bond acceptors (Lipinski definition) is 9. The average molecular weight is 468 g/mol. The Kier molecular flexibility index (Phi) is 5.91. The highest BCUT2D eigenvalue weighted by atomic mass is 32.1. The van der Waals surface area contributed by atoms with Gasteiger partial charge < -0.3 is 19.2 Å². The molecule has 4 aromatic rings. The molecule has 0 spiro atoms. The number of anilines is 2. The smallest absolute Gasteiger partial charge is 0.433 e. The van der Waals surface area contributed by atoms with Gasteiger partial charge in [0.25, 0.3) is 11.8 Å². The SMILES string of the molecule is COc1cc(OC)cc(C(=O)Nc2nc3ccc(NC(=O)c4ccc([N+](=O)[O-])o4)cc3s2)c1. The standard InChI is InChI=1S/C21H16N4O7S/c1-30-13-7-11(8-14(10-13)31-2)19(26)24-21-23-15-4-3-12(9-17(15)33-21)22-20(27)16-5-6-18(32-16)25(28)29/h3-10H,1-2H3,(H,22,27)(H,23,24,26). The van der Waals surface area contributed by atoms with Crippen molar-refractivity contribution in [3.8, 4) is 11.5 Å². The lowest BCUT2D eigenvalue weighted by atomic mass is 10.2. The molecule has 11 nitrogen and oxygen atoms in total. The number of ether oxygens (including phenoxy) is 2. The molecule has 168 valence electrons.